The molecule has 5 heteroatoms. The number of fused-ring (bicyclic) bond motifs is 1. The van der Waals surface area contributed by atoms with Crippen molar-refractivity contribution in [1.82, 2.24) is 14.6 Å². The zero-order valence-corrected chi connectivity index (χ0v) is 14.0. The molecule has 0 bridgehead atoms. The van der Waals surface area contributed by atoms with E-state index in [4.69, 9.17) is 5.10 Å². The normalized spacial score (nSPS) is 11.0. The Balaban J connectivity index is 2.00. The van der Waals surface area contributed by atoms with Gasteiger partial charge in [0.05, 0.1) is 5.52 Å². The van der Waals surface area contributed by atoms with Crippen LogP contribution < -0.4 is 4.90 Å². The molecule has 1 aromatic carbocycles. The van der Waals surface area contributed by atoms with Gasteiger partial charge in [-0.1, -0.05) is 6.07 Å². The summed E-state index contributed by atoms with van der Waals surface area (Å²) in [4.78, 5) is 6.36. The number of rotatable bonds is 3. The molecule has 0 saturated carbocycles. The first-order chi connectivity index (χ1) is 12.1. The van der Waals surface area contributed by atoms with E-state index >= 15 is 0 Å². The Morgan fingerprint density at radius 1 is 0.960 bits per heavy atom. The summed E-state index contributed by atoms with van der Waals surface area (Å²) in [5.74, 6) is 0.616. The third-order valence-electron chi connectivity index (χ3n) is 4.15. The number of nitrogens with zero attached hydrogens (tertiary/aromatic N) is 4. The molecule has 0 saturated heterocycles. The quantitative estimate of drug-likeness (QED) is 0.562. The predicted octanol–water partition coefficient (Wildman–Crippen LogP) is 4.27. The van der Waals surface area contributed by atoms with Gasteiger partial charge in [-0.3, -0.25) is 0 Å². The molecular weight excluding hydrogens is 315 g/mol. The van der Waals surface area contributed by atoms with E-state index in [1.807, 2.05) is 60.0 Å². The van der Waals surface area contributed by atoms with Crippen LogP contribution >= 0.6 is 0 Å². The van der Waals surface area contributed by atoms with E-state index in [0.29, 0.717) is 0 Å². The summed E-state index contributed by atoms with van der Waals surface area (Å²) in [6.45, 7) is 0. The first kappa shape index (κ1) is 15.3. The monoisotopic (exact) mass is 332 g/mol. The number of anilines is 1. The van der Waals surface area contributed by atoms with Crippen molar-refractivity contribution < 1.29 is 4.39 Å². The van der Waals surface area contributed by atoms with Crippen molar-refractivity contribution in [2.75, 3.05) is 19.0 Å². The van der Waals surface area contributed by atoms with Crippen LogP contribution in [-0.4, -0.2) is 28.7 Å². The molecule has 3 aromatic heterocycles. The maximum atomic E-state index is 13.3. The summed E-state index contributed by atoms with van der Waals surface area (Å²) in [5.41, 5.74) is 4.74. The largest absolute Gasteiger partial charge is 0.363 e. The van der Waals surface area contributed by atoms with E-state index in [-0.39, 0.29) is 5.82 Å². The number of hydrogen-bond donors (Lipinski definition) is 0. The van der Waals surface area contributed by atoms with Crippen LogP contribution in [0.3, 0.4) is 0 Å². The molecule has 0 unspecified atom stereocenters. The van der Waals surface area contributed by atoms with E-state index in [9.17, 15) is 4.39 Å². The van der Waals surface area contributed by atoms with Gasteiger partial charge < -0.3 is 4.90 Å². The van der Waals surface area contributed by atoms with Crippen LogP contribution in [0.4, 0.5) is 10.2 Å². The van der Waals surface area contributed by atoms with E-state index in [1.54, 1.807) is 18.3 Å². The van der Waals surface area contributed by atoms with Gasteiger partial charge in [0.25, 0.3) is 0 Å². The van der Waals surface area contributed by atoms with E-state index in [1.165, 1.54) is 12.1 Å². The van der Waals surface area contributed by atoms with Gasteiger partial charge in [-0.25, -0.2) is 13.9 Å². The zero-order valence-electron chi connectivity index (χ0n) is 14.0. The Kier molecular flexibility index (Phi) is 3.69. The molecule has 4 aromatic rings. The summed E-state index contributed by atoms with van der Waals surface area (Å²) >= 11 is 0. The Morgan fingerprint density at radius 2 is 1.76 bits per heavy atom. The minimum Gasteiger partial charge on any atom is -0.363 e. The molecule has 4 rings (SSSR count). The first-order valence-electron chi connectivity index (χ1n) is 8.00. The number of halogens is 1. The molecule has 0 radical (unpaired) electrons. The van der Waals surface area contributed by atoms with Gasteiger partial charge >= 0.3 is 0 Å². The van der Waals surface area contributed by atoms with Gasteiger partial charge in [-0.15, -0.1) is 0 Å². The third kappa shape index (κ3) is 2.74. The lowest BCUT2D eigenvalue weighted by molar-refractivity contribution is 0.628. The maximum absolute atomic E-state index is 13.3. The van der Waals surface area contributed by atoms with Crippen LogP contribution in [0.15, 0.2) is 67.0 Å². The second-order valence-corrected chi connectivity index (χ2v) is 6.06. The molecule has 0 aliphatic carbocycles. The lowest BCUT2D eigenvalue weighted by Gasteiger charge is -2.12. The van der Waals surface area contributed by atoms with E-state index in [2.05, 4.69) is 4.98 Å². The Labute approximate surface area is 145 Å². The fraction of sp³-hybridized carbons (Fsp3) is 0.100. The summed E-state index contributed by atoms with van der Waals surface area (Å²) in [6.07, 6.45) is 3.71. The second kappa shape index (κ2) is 6.02. The molecule has 0 fully saturated rings. The van der Waals surface area contributed by atoms with Crippen molar-refractivity contribution in [3.05, 3.63) is 72.8 Å². The topological polar surface area (TPSA) is 33.4 Å². The van der Waals surface area contributed by atoms with Gasteiger partial charge in [-0.2, -0.15) is 5.10 Å². The Bertz CT molecular complexity index is 1040. The number of benzene rings is 1. The second-order valence-electron chi connectivity index (χ2n) is 6.06. The van der Waals surface area contributed by atoms with Crippen LogP contribution in [0, 0.1) is 5.82 Å². The van der Waals surface area contributed by atoms with Crippen LogP contribution in [0.1, 0.15) is 0 Å². The van der Waals surface area contributed by atoms with Gasteiger partial charge in [-0.05, 0) is 54.1 Å². The maximum Gasteiger partial charge on any atom is 0.128 e. The van der Waals surface area contributed by atoms with Gasteiger partial charge in [0.15, 0.2) is 0 Å². The van der Waals surface area contributed by atoms with Crippen molar-refractivity contribution in [3.63, 3.8) is 0 Å². The lowest BCUT2D eigenvalue weighted by Crippen LogP contribution is -2.10. The molecule has 4 nitrogen and oxygen atoms in total. The van der Waals surface area contributed by atoms with Crippen molar-refractivity contribution in [1.29, 1.82) is 0 Å². The Hall–Kier alpha value is -3.21. The highest BCUT2D eigenvalue weighted by atomic mass is 19.1. The lowest BCUT2D eigenvalue weighted by atomic mass is 10.0. The van der Waals surface area contributed by atoms with E-state index < -0.39 is 0 Å². The van der Waals surface area contributed by atoms with Gasteiger partial charge in [0.1, 0.15) is 17.3 Å². The van der Waals surface area contributed by atoms with Gasteiger partial charge in [0, 0.05) is 37.6 Å². The fourth-order valence-electron chi connectivity index (χ4n) is 2.91. The first-order valence-corrected chi connectivity index (χ1v) is 8.00. The van der Waals surface area contributed by atoms with Crippen LogP contribution in [0.5, 0.6) is 0 Å². The van der Waals surface area contributed by atoms with Crippen LogP contribution in [0.25, 0.3) is 27.9 Å². The number of hydrogen-bond acceptors (Lipinski definition) is 3. The summed E-state index contributed by atoms with van der Waals surface area (Å²) in [7, 11) is 3.92. The zero-order chi connectivity index (χ0) is 17.4. The highest BCUT2D eigenvalue weighted by molar-refractivity contribution is 5.92. The highest BCUT2D eigenvalue weighted by Crippen LogP contribution is 2.35. The van der Waals surface area contributed by atoms with Crippen LogP contribution in [-0.2, 0) is 0 Å². The molecule has 124 valence electrons. The molecule has 25 heavy (non-hydrogen) atoms. The molecule has 3 heterocycles. The van der Waals surface area contributed by atoms with Crippen LogP contribution in [0.2, 0.25) is 0 Å². The average molecular weight is 332 g/mol. The minimum atomic E-state index is -0.257. The van der Waals surface area contributed by atoms with E-state index in [0.717, 1.165) is 33.7 Å². The molecule has 0 N–H and O–H groups in total. The SMILES string of the molecule is CN(C)c1cc(-c2c(-c3ccc(F)cc3)nn3ccccc23)ccn1. The third-order valence-corrected chi connectivity index (χ3v) is 4.15. The summed E-state index contributed by atoms with van der Waals surface area (Å²) in [5, 5.41) is 4.72. The molecule has 0 spiro atoms. The summed E-state index contributed by atoms with van der Waals surface area (Å²) in [6, 6.07) is 16.4. The minimum absolute atomic E-state index is 0.257. The van der Waals surface area contributed by atoms with Crippen molar-refractivity contribution in [2.45, 2.75) is 0 Å². The predicted molar refractivity (Wildman–Crippen MR) is 98.1 cm³/mol. The molecule has 0 aliphatic heterocycles. The number of pyridine rings is 2. The molecule has 0 amide bonds. The van der Waals surface area contributed by atoms with Gasteiger partial charge in [0.2, 0.25) is 0 Å². The average Bonchev–Trinajstić information content (AvgIpc) is 3.02. The molecule has 0 atom stereocenters. The van der Waals surface area contributed by atoms with Crippen molar-refractivity contribution in [3.8, 4) is 22.4 Å². The van der Waals surface area contributed by atoms with Crippen molar-refractivity contribution in [2.24, 2.45) is 0 Å². The fourth-order valence-corrected chi connectivity index (χ4v) is 2.91. The summed E-state index contributed by atoms with van der Waals surface area (Å²) < 4.78 is 15.2. The standard InChI is InChI=1S/C20H17FN4/c1-24(2)18-13-15(10-11-22-18)19-17-5-3-4-12-25(17)23-20(19)14-6-8-16(21)9-7-14/h3-13H,1-2H3. The number of aromatic nitrogens is 3. The Morgan fingerprint density at radius 3 is 2.52 bits per heavy atom. The highest BCUT2D eigenvalue weighted by Gasteiger charge is 2.17. The molecule has 0 aliphatic rings. The molecular formula is C20H17FN4. The van der Waals surface area contributed by atoms with Crippen molar-refractivity contribution >= 4 is 11.3 Å². The smallest absolute Gasteiger partial charge is 0.128 e.